The molecule has 2 rings (SSSR count). The van der Waals surface area contributed by atoms with Crippen molar-refractivity contribution in [2.24, 2.45) is 0 Å². The van der Waals surface area contributed by atoms with Crippen molar-refractivity contribution in [3.05, 3.63) is 26.9 Å². The average molecular weight is 330 g/mol. The zero-order valence-electron chi connectivity index (χ0n) is 9.93. The summed E-state index contributed by atoms with van der Waals surface area (Å²) < 4.78 is 0.457. The summed E-state index contributed by atoms with van der Waals surface area (Å²) in [5.74, 6) is -0.434. The van der Waals surface area contributed by atoms with Crippen molar-refractivity contribution in [2.45, 2.75) is 31.2 Å². The second kappa shape index (κ2) is 5.12. The molecule has 1 aliphatic rings. The third kappa shape index (κ3) is 3.01. The van der Waals surface area contributed by atoms with E-state index < -0.39 is 16.4 Å². The number of pyridine rings is 1. The monoisotopic (exact) mass is 329 g/mol. The number of nitrogens with one attached hydrogen (secondary N) is 1. The molecule has 102 valence electrons. The van der Waals surface area contributed by atoms with E-state index >= 15 is 0 Å². The molecule has 1 aliphatic carbocycles. The molecule has 8 heteroatoms. The average Bonchev–Trinajstić information content (AvgIpc) is 2.27. The highest BCUT2D eigenvalue weighted by Gasteiger charge is 2.39. The smallest absolute Gasteiger partial charge is 0.305 e. The lowest BCUT2D eigenvalue weighted by Gasteiger charge is -2.42. The van der Waals surface area contributed by atoms with Gasteiger partial charge in [0, 0.05) is 11.6 Å². The summed E-state index contributed by atoms with van der Waals surface area (Å²) in [4.78, 5) is 24.9. The molecule has 1 aromatic rings. The van der Waals surface area contributed by atoms with Crippen molar-refractivity contribution in [1.29, 1.82) is 0 Å². The predicted octanol–water partition coefficient (Wildman–Crippen LogP) is 2.56. The zero-order chi connectivity index (χ0) is 14.0. The minimum atomic E-state index is -0.870. The Hall–Kier alpha value is -1.70. The molecule has 0 unspecified atom stereocenters. The van der Waals surface area contributed by atoms with Gasteiger partial charge in [0.2, 0.25) is 0 Å². The van der Waals surface area contributed by atoms with Crippen LogP contribution in [0.15, 0.2) is 16.7 Å². The lowest BCUT2D eigenvalue weighted by atomic mass is 9.74. The van der Waals surface area contributed by atoms with E-state index in [1.54, 1.807) is 0 Å². The van der Waals surface area contributed by atoms with Gasteiger partial charge in [-0.05, 0) is 35.2 Å². The molecule has 0 aliphatic heterocycles. The van der Waals surface area contributed by atoms with E-state index in [0.29, 0.717) is 10.3 Å². The second-order valence-corrected chi connectivity index (χ2v) is 5.46. The molecule has 1 heterocycles. The number of hydrogen-bond acceptors (Lipinski definition) is 5. The standard InChI is InChI=1S/C11H12BrN3O4/c12-8-4-7(15(18)19)6-13-10(8)14-11(2-1-3-11)5-9(16)17/h4,6H,1-3,5H2,(H,13,14)(H,16,17). The van der Waals surface area contributed by atoms with E-state index in [-0.39, 0.29) is 12.1 Å². The molecule has 0 bridgehead atoms. The number of nitrogens with zero attached hydrogens (tertiary/aromatic N) is 2. The number of aliphatic carboxylic acids is 1. The maximum absolute atomic E-state index is 10.9. The van der Waals surface area contributed by atoms with Crippen LogP contribution < -0.4 is 5.32 Å². The zero-order valence-corrected chi connectivity index (χ0v) is 11.5. The molecule has 0 saturated heterocycles. The highest BCUT2D eigenvalue weighted by atomic mass is 79.9. The fraction of sp³-hybridized carbons (Fsp3) is 0.455. The molecule has 0 atom stereocenters. The molecule has 0 amide bonds. The summed E-state index contributed by atoms with van der Waals surface area (Å²) in [6.07, 6.45) is 3.64. The summed E-state index contributed by atoms with van der Waals surface area (Å²) in [5, 5.41) is 22.6. The fourth-order valence-corrected chi connectivity index (χ4v) is 2.55. The number of carbonyl (C=O) groups is 1. The first-order chi connectivity index (χ1) is 8.92. The number of hydrogen-bond donors (Lipinski definition) is 2. The Balaban J connectivity index is 2.18. The Bertz CT molecular complexity index is 531. The highest BCUT2D eigenvalue weighted by Crippen LogP contribution is 2.39. The van der Waals surface area contributed by atoms with Gasteiger partial charge >= 0.3 is 5.97 Å². The van der Waals surface area contributed by atoms with Crippen LogP contribution in [0.2, 0.25) is 0 Å². The van der Waals surface area contributed by atoms with Crippen LogP contribution in [0.25, 0.3) is 0 Å². The van der Waals surface area contributed by atoms with Gasteiger partial charge in [0.15, 0.2) is 0 Å². The SMILES string of the molecule is O=C(O)CC1(Nc2ncc([N+](=O)[O-])cc2Br)CCC1. The number of carboxylic acid groups (broad SMARTS) is 1. The first-order valence-electron chi connectivity index (χ1n) is 5.72. The number of anilines is 1. The number of nitro groups is 1. The summed E-state index contributed by atoms with van der Waals surface area (Å²) in [6.45, 7) is 0. The van der Waals surface area contributed by atoms with Crippen LogP contribution in [0.1, 0.15) is 25.7 Å². The summed E-state index contributed by atoms with van der Waals surface area (Å²) in [6, 6.07) is 1.35. The minimum Gasteiger partial charge on any atom is -0.481 e. The van der Waals surface area contributed by atoms with Crippen LogP contribution in [0.5, 0.6) is 0 Å². The van der Waals surface area contributed by atoms with Gasteiger partial charge in [0.1, 0.15) is 12.0 Å². The van der Waals surface area contributed by atoms with Gasteiger partial charge in [-0.2, -0.15) is 0 Å². The van der Waals surface area contributed by atoms with Gasteiger partial charge in [-0.25, -0.2) is 4.98 Å². The van der Waals surface area contributed by atoms with Crippen molar-refractivity contribution in [3.8, 4) is 0 Å². The van der Waals surface area contributed by atoms with Crippen molar-refractivity contribution < 1.29 is 14.8 Å². The molecule has 19 heavy (non-hydrogen) atoms. The predicted molar refractivity (Wildman–Crippen MR) is 71.0 cm³/mol. The molecule has 0 aromatic carbocycles. The highest BCUT2D eigenvalue weighted by molar-refractivity contribution is 9.10. The van der Waals surface area contributed by atoms with Gasteiger partial charge in [-0.15, -0.1) is 0 Å². The van der Waals surface area contributed by atoms with Crippen molar-refractivity contribution in [3.63, 3.8) is 0 Å². The maximum Gasteiger partial charge on any atom is 0.305 e. The summed E-state index contributed by atoms with van der Waals surface area (Å²) in [5.41, 5.74) is -0.601. The first-order valence-corrected chi connectivity index (χ1v) is 6.51. The largest absolute Gasteiger partial charge is 0.481 e. The van der Waals surface area contributed by atoms with Crippen molar-refractivity contribution in [2.75, 3.05) is 5.32 Å². The number of aromatic nitrogens is 1. The molecule has 0 spiro atoms. The number of rotatable bonds is 5. The fourth-order valence-electron chi connectivity index (χ4n) is 2.11. The lowest BCUT2D eigenvalue weighted by molar-refractivity contribution is -0.385. The lowest BCUT2D eigenvalue weighted by Crippen LogP contribution is -2.47. The third-order valence-electron chi connectivity index (χ3n) is 3.22. The van der Waals surface area contributed by atoms with E-state index in [0.717, 1.165) is 25.5 Å². The van der Waals surface area contributed by atoms with Crippen LogP contribution in [0.3, 0.4) is 0 Å². The van der Waals surface area contributed by atoms with Crippen LogP contribution in [-0.4, -0.2) is 26.5 Å². The molecule has 7 nitrogen and oxygen atoms in total. The van der Waals surface area contributed by atoms with E-state index in [1.807, 2.05) is 0 Å². The van der Waals surface area contributed by atoms with Crippen LogP contribution in [-0.2, 0) is 4.79 Å². The van der Waals surface area contributed by atoms with E-state index in [4.69, 9.17) is 5.11 Å². The Labute approximate surface area is 117 Å². The molecule has 1 saturated carbocycles. The van der Waals surface area contributed by atoms with Crippen LogP contribution in [0.4, 0.5) is 11.5 Å². The molecule has 2 N–H and O–H groups in total. The topological polar surface area (TPSA) is 105 Å². The molecule has 1 aromatic heterocycles. The van der Waals surface area contributed by atoms with Crippen molar-refractivity contribution >= 4 is 33.4 Å². The Kier molecular flexibility index (Phi) is 3.70. The summed E-state index contributed by atoms with van der Waals surface area (Å²) >= 11 is 3.21. The Morgan fingerprint density at radius 3 is 2.74 bits per heavy atom. The van der Waals surface area contributed by atoms with Crippen LogP contribution >= 0.6 is 15.9 Å². The normalized spacial score (nSPS) is 16.5. The van der Waals surface area contributed by atoms with Gasteiger partial charge < -0.3 is 10.4 Å². The second-order valence-electron chi connectivity index (χ2n) is 4.61. The Morgan fingerprint density at radius 1 is 1.63 bits per heavy atom. The van der Waals surface area contributed by atoms with Gasteiger partial charge in [0.05, 0.1) is 15.8 Å². The van der Waals surface area contributed by atoms with Crippen molar-refractivity contribution in [1.82, 2.24) is 4.98 Å². The van der Waals surface area contributed by atoms with E-state index in [2.05, 4.69) is 26.2 Å². The quantitative estimate of drug-likeness (QED) is 0.635. The number of halogens is 1. The maximum atomic E-state index is 10.9. The molecule has 1 fully saturated rings. The third-order valence-corrected chi connectivity index (χ3v) is 3.83. The van der Waals surface area contributed by atoms with E-state index in [1.165, 1.54) is 6.07 Å². The van der Waals surface area contributed by atoms with E-state index in [9.17, 15) is 14.9 Å². The Morgan fingerprint density at radius 2 is 2.32 bits per heavy atom. The minimum absolute atomic E-state index is 0.0120. The van der Waals surface area contributed by atoms with Gasteiger partial charge in [-0.3, -0.25) is 14.9 Å². The molecular weight excluding hydrogens is 318 g/mol. The summed E-state index contributed by atoms with van der Waals surface area (Å²) in [7, 11) is 0. The first kappa shape index (κ1) is 13.7. The van der Waals surface area contributed by atoms with Gasteiger partial charge in [0.25, 0.3) is 5.69 Å². The molecule has 0 radical (unpaired) electrons. The number of carboxylic acids is 1. The molecular formula is C11H12BrN3O4. The van der Waals surface area contributed by atoms with Gasteiger partial charge in [-0.1, -0.05) is 0 Å². The van der Waals surface area contributed by atoms with Crippen LogP contribution in [0, 0.1) is 10.1 Å².